The van der Waals surface area contributed by atoms with Crippen LogP contribution in [0.15, 0.2) is 67.2 Å². The van der Waals surface area contributed by atoms with E-state index >= 15 is 0 Å². The van der Waals surface area contributed by atoms with Crippen molar-refractivity contribution in [3.05, 3.63) is 78.4 Å². The van der Waals surface area contributed by atoms with Gasteiger partial charge in [0.05, 0.1) is 12.1 Å². The zero-order chi connectivity index (χ0) is 19.9. The molecule has 2 atom stereocenters. The van der Waals surface area contributed by atoms with Crippen molar-refractivity contribution in [1.29, 1.82) is 0 Å². The summed E-state index contributed by atoms with van der Waals surface area (Å²) in [5, 5.41) is 13.6. The Morgan fingerprint density at radius 2 is 1.63 bits per heavy atom. The first-order valence-corrected chi connectivity index (χ1v) is 9.19. The van der Waals surface area contributed by atoms with Gasteiger partial charge in [0.15, 0.2) is 0 Å². The second kappa shape index (κ2) is 9.38. The van der Waals surface area contributed by atoms with Crippen LogP contribution in [-0.4, -0.2) is 28.9 Å². The maximum atomic E-state index is 12.3. The molecule has 0 fully saturated rings. The largest absolute Gasteiger partial charge is 0.444 e. The number of aliphatic hydroxyl groups excluding tert-OH is 1. The lowest BCUT2D eigenvalue weighted by atomic mass is 9.94. The number of carbonyl (C=O) groups is 1. The quantitative estimate of drug-likeness (QED) is 0.753. The van der Waals surface area contributed by atoms with Crippen molar-refractivity contribution >= 4 is 11.7 Å². The number of benzene rings is 2. The van der Waals surface area contributed by atoms with Crippen LogP contribution in [0.1, 0.15) is 38.3 Å². The summed E-state index contributed by atoms with van der Waals surface area (Å²) in [5.74, 6) is 0. The summed E-state index contributed by atoms with van der Waals surface area (Å²) >= 11 is 0. The van der Waals surface area contributed by atoms with E-state index in [1.54, 1.807) is 0 Å². The van der Waals surface area contributed by atoms with Crippen LogP contribution >= 0.6 is 0 Å². The van der Waals surface area contributed by atoms with E-state index in [4.69, 9.17) is 4.74 Å². The third-order valence-corrected chi connectivity index (χ3v) is 4.10. The fourth-order valence-electron chi connectivity index (χ4n) is 2.80. The van der Waals surface area contributed by atoms with Crippen LogP contribution in [0, 0.1) is 0 Å². The highest BCUT2D eigenvalue weighted by molar-refractivity contribution is 5.68. The Morgan fingerprint density at radius 1 is 1.07 bits per heavy atom. The highest BCUT2D eigenvalue weighted by Gasteiger charge is 2.25. The fourth-order valence-corrected chi connectivity index (χ4v) is 2.80. The van der Waals surface area contributed by atoms with E-state index in [-0.39, 0.29) is 0 Å². The molecule has 2 aromatic rings. The minimum atomic E-state index is -0.787. The summed E-state index contributed by atoms with van der Waals surface area (Å²) in [6.45, 7) is 9.52. The van der Waals surface area contributed by atoms with Gasteiger partial charge in [-0.25, -0.2) is 4.79 Å². The van der Waals surface area contributed by atoms with Crippen molar-refractivity contribution in [2.75, 3.05) is 0 Å². The summed E-state index contributed by atoms with van der Waals surface area (Å²) in [7, 11) is 0. The van der Waals surface area contributed by atoms with Gasteiger partial charge < -0.3 is 15.2 Å². The third-order valence-electron chi connectivity index (χ3n) is 4.10. The number of hydrogen-bond acceptors (Lipinski definition) is 3. The van der Waals surface area contributed by atoms with Crippen LogP contribution in [0.2, 0.25) is 0 Å². The summed E-state index contributed by atoms with van der Waals surface area (Å²) < 4.78 is 5.36. The van der Waals surface area contributed by atoms with Gasteiger partial charge in [-0.3, -0.25) is 0 Å². The van der Waals surface area contributed by atoms with Gasteiger partial charge in [0.1, 0.15) is 5.60 Å². The van der Waals surface area contributed by atoms with Crippen molar-refractivity contribution in [2.24, 2.45) is 0 Å². The number of amides is 1. The van der Waals surface area contributed by atoms with Crippen molar-refractivity contribution in [3.8, 4) is 0 Å². The molecule has 4 heteroatoms. The van der Waals surface area contributed by atoms with Crippen molar-refractivity contribution < 1.29 is 14.6 Å². The van der Waals surface area contributed by atoms with Crippen LogP contribution in [0.4, 0.5) is 4.79 Å². The lowest BCUT2D eigenvalue weighted by Crippen LogP contribution is -2.46. The standard InChI is InChI=1S/C23H29NO3/c1-17(19-13-9-6-10-14-19)15-21(25)20(16-18-11-7-5-8-12-18)24-22(26)27-23(2,3)4/h5-14,20-21,25H,1,15-16H2,2-4H3,(H,24,26)/t20-,21-/m1/s1. The number of aliphatic hydroxyl groups is 1. The molecule has 0 radical (unpaired) electrons. The Kier molecular flexibility index (Phi) is 7.19. The molecule has 0 saturated heterocycles. The smallest absolute Gasteiger partial charge is 0.407 e. The van der Waals surface area contributed by atoms with Crippen molar-refractivity contribution in [2.45, 2.75) is 51.4 Å². The molecule has 144 valence electrons. The molecule has 0 unspecified atom stereocenters. The zero-order valence-electron chi connectivity index (χ0n) is 16.3. The van der Waals surface area contributed by atoms with Crippen molar-refractivity contribution in [3.63, 3.8) is 0 Å². The summed E-state index contributed by atoms with van der Waals surface area (Å²) in [4.78, 5) is 12.3. The zero-order valence-corrected chi connectivity index (χ0v) is 16.3. The topological polar surface area (TPSA) is 58.6 Å². The van der Waals surface area contributed by atoms with Crippen LogP contribution in [0.5, 0.6) is 0 Å². The highest BCUT2D eigenvalue weighted by Crippen LogP contribution is 2.20. The van der Waals surface area contributed by atoms with E-state index in [1.165, 1.54) is 0 Å². The molecular weight excluding hydrogens is 338 g/mol. The SMILES string of the molecule is C=C(C[C@@H](O)[C@@H](Cc1ccccc1)NC(=O)OC(C)(C)C)c1ccccc1. The molecule has 0 aliphatic heterocycles. The van der Waals surface area contributed by atoms with Gasteiger partial charge in [-0.05, 0) is 43.9 Å². The fraction of sp³-hybridized carbons (Fsp3) is 0.348. The molecule has 0 heterocycles. The van der Waals surface area contributed by atoms with E-state index in [9.17, 15) is 9.90 Å². The monoisotopic (exact) mass is 367 g/mol. The molecule has 0 aliphatic carbocycles. The number of hydrogen-bond donors (Lipinski definition) is 2. The van der Waals surface area contributed by atoms with E-state index in [0.29, 0.717) is 12.8 Å². The first-order valence-electron chi connectivity index (χ1n) is 9.19. The number of rotatable bonds is 7. The molecule has 2 N–H and O–H groups in total. The molecule has 0 spiro atoms. The molecule has 0 aliphatic rings. The predicted molar refractivity (Wildman–Crippen MR) is 109 cm³/mol. The minimum Gasteiger partial charge on any atom is -0.444 e. The normalized spacial score (nSPS) is 13.5. The van der Waals surface area contributed by atoms with Gasteiger partial charge in [0.2, 0.25) is 0 Å². The van der Waals surface area contributed by atoms with Gasteiger partial charge in [0.25, 0.3) is 0 Å². The van der Waals surface area contributed by atoms with Gasteiger partial charge in [-0.15, -0.1) is 0 Å². The minimum absolute atomic E-state index is 0.358. The molecule has 27 heavy (non-hydrogen) atoms. The van der Waals surface area contributed by atoms with Crippen LogP contribution in [0.3, 0.4) is 0 Å². The first kappa shape index (κ1) is 20.7. The molecule has 2 aromatic carbocycles. The summed E-state index contributed by atoms with van der Waals surface area (Å²) in [6.07, 6.45) is -0.459. The number of alkyl carbamates (subject to hydrolysis) is 1. The average molecular weight is 367 g/mol. The Hall–Kier alpha value is -2.59. The highest BCUT2D eigenvalue weighted by atomic mass is 16.6. The average Bonchev–Trinajstić information content (AvgIpc) is 2.61. The Labute approximate surface area is 161 Å². The molecule has 4 nitrogen and oxygen atoms in total. The third kappa shape index (κ3) is 7.27. The first-order chi connectivity index (χ1) is 12.7. The Bertz CT molecular complexity index is 735. The number of carbonyl (C=O) groups excluding carboxylic acids is 1. The maximum Gasteiger partial charge on any atom is 0.407 e. The molecule has 0 bridgehead atoms. The predicted octanol–water partition coefficient (Wildman–Crippen LogP) is 4.59. The van der Waals surface area contributed by atoms with E-state index in [1.807, 2.05) is 81.4 Å². The molecule has 0 aromatic heterocycles. The van der Waals surface area contributed by atoms with Gasteiger partial charge in [-0.1, -0.05) is 67.2 Å². The van der Waals surface area contributed by atoms with Gasteiger partial charge in [0, 0.05) is 6.42 Å². The Morgan fingerprint density at radius 3 is 2.19 bits per heavy atom. The molecule has 1 amide bonds. The maximum absolute atomic E-state index is 12.3. The van der Waals surface area contributed by atoms with Crippen LogP contribution in [0.25, 0.3) is 5.57 Å². The molecule has 0 saturated carbocycles. The van der Waals surface area contributed by atoms with Crippen molar-refractivity contribution in [1.82, 2.24) is 5.32 Å². The molecular formula is C23H29NO3. The second-order valence-corrected chi connectivity index (χ2v) is 7.68. The lowest BCUT2D eigenvalue weighted by molar-refractivity contribution is 0.0427. The number of nitrogens with one attached hydrogen (secondary N) is 1. The van der Waals surface area contributed by atoms with Crippen LogP contribution in [-0.2, 0) is 11.2 Å². The second-order valence-electron chi connectivity index (χ2n) is 7.68. The van der Waals surface area contributed by atoms with E-state index < -0.39 is 23.8 Å². The summed E-state index contributed by atoms with van der Waals surface area (Å²) in [6, 6.07) is 19.0. The van der Waals surface area contributed by atoms with Crippen LogP contribution < -0.4 is 5.32 Å². The van der Waals surface area contributed by atoms with E-state index in [2.05, 4.69) is 11.9 Å². The lowest BCUT2D eigenvalue weighted by Gasteiger charge is -2.27. The Balaban J connectivity index is 2.09. The van der Waals surface area contributed by atoms with Gasteiger partial charge >= 0.3 is 6.09 Å². The molecule has 2 rings (SSSR count). The summed E-state index contributed by atoms with van der Waals surface area (Å²) in [5.41, 5.74) is 2.24. The van der Waals surface area contributed by atoms with Gasteiger partial charge in [-0.2, -0.15) is 0 Å². The number of ether oxygens (including phenoxy) is 1. The van der Waals surface area contributed by atoms with E-state index in [0.717, 1.165) is 16.7 Å².